The van der Waals surface area contributed by atoms with Crippen LogP contribution in [-0.4, -0.2) is 51.4 Å². The Hall–Kier alpha value is -0.810. The molecule has 1 saturated heterocycles. The number of carbonyl (C=O) groups is 1. The van der Waals surface area contributed by atoms with E-state index in [0.717, 1.165) is 36.8 Å². The molecule has 5 heteroatoms. The Balaban J connectivity index is 1.99. The Bertz CT molecular complexity index is 405. The maximum atomic E-state index is 12.3. The first kappa shape index (κ1) is 13.6. The number of Topliss-reactive ketones (excluding diaryl/α,β-unsaturated/α-hetero) is 1. The topological polar surface area (TPSA) is 38.1 Å². The van der Waals surface area contributed by atoms with Gasteiger partial charge in [-0.25, -0.2) is 4.98 Å². The molecule has 4 nitrogen and oxygen atoms in total. The van der Waals surface area contributed by atoms with Gasteiger partial charge in [0.15, 0.2) is 5.78 Å². The van der Waals surface area contributed by atoms with Crippen LogP contribution in [0, 0.1) is 0 Å². The summed E-state index contributed by atoms with van der Waals surface area (Å²) in [4.78, 5) is 18.8. The van der Waals surface area contributed by atoms with Crippen molar-refractivity contribution in [3.63, 3.8) is 0 Å². The molecule has 1 fully saturated rings. The van der Waals surface area contributed by atoms with Gasteiger partial charge in [-0.1, -0.05) is 6.92 Å². The van der Waals surface area contributed by atoms with Crippen LogP contribution in [0.15, 0.2) is 12.4 Å². The minimum atomic E-state index is 0.0653. The van der Waals surface area contributed by atoms with E-state index in [1.165, 1.54) is 0 Å². The third-order valence-electron chi connectivity index (χ3n) is 3.37. The molecule has 18 heavy (non-hydrogen) atoms. The van der Waals surface area contributed by atoms with Crippen LogP contribution in [0.2, 0.25) is 0 Å². The second-order valence-corrected chi connectivity index (χ2v) is 5.90. The SMILES string of the molecule is CCCn1ccnc1CC(=O)C1CSCCN1C. The molecule has 0 aliphatic carbocycles. The number of rotatable bonds is 5. The highest BCUT2D eigenvalue weighted by Crippen LogP contribution is 2.16. The zero-order chi connectivity index (χ0) is 13.0. The number of likely N-dealkylation sites (N-methyl/N-ethyl adjacent to an activating group) is 1. The van der Waals surface area contributed by atoms with E-state index in [-0.39, 0.29) is 6.04 Å². The third kappa shape index (κ3) is 3.14. The van der Waals surface area contributed by atoms with Crippen molar-refractivity contribution >= 4 is 17.5 Å². The number of thioether (sulfide) groups is 1. The Morgan fingerprint density at radius 3 is 3.17 bits per heavy atom. The van der Waals surface area contributed by atoms with Crippen LogP contribution >= 0.6 is 11.8 Å². The zero-order valence-electron chi connectivity index (χ0n) is 11.1. The summed E-state index contributed by atoms with van der Waals surface area (Å²) in [5.74, 6) is 3.26. The van der Waals surface area contributed by atoms with E-state index < -0.39 is 0 Å². The van der Waals surface area contributed by atoms with Gasteiger partial charge in [-0.2, -0.15) is 11.8 Å². The number of carbonyl (C=O) groups excluding carboxylic acids is 1. The van der Waals surface area contributed by atoms with Gasteiger partial charge < -0.3 is 4.57 Å². The summed E-state index contributed by atoms with van der Waals surface area (Å²) >= 11 is 1.87. The predicted octanol–water partition coefficient (Wildman–Crippen LogP) is 1.45. The molecule has 1 aliphatic heterocycles. The van der Waals surface area contributed by atoms with E-state index in [1.807, 2.05) is 25.0 Å². The summed E-state index contributed by atoms with van der Waals surface area (Å²) in [5.41, 5.74) is 0. The van der Waals surface area contributed by atoms with Crippen LogP contribution < -0.4 is 0 Å². The quantitative estimate of drug-likeness (QED) is 0.809. The highest BCUT2D eigenvalue weighted by molar-refractivity contribution is 7.99. The van der Waals surface area contributed by atoms with Crippen molar-refractivity contribution in [3.8, 4) is 0 Å². The van der Waals surface area contributed by atoms with Crippen molar-refractivity contribution in [2.24, 2.45) is 0 Å². The summed E-state index contributed by atoms with van der Waals surface area (Å²) in [6.07, 6.45) is 5.28. The lowest BCUT2D eigenvalue weighted by Gasteiger charge is -2.30. The van der Waals surface area contributed by atoms with Gasteiger partial charge in [0.05, 0.1) is 12.5 Å². The summed E-state index contributed by atoms with van der Waals surface area (Å²) in [6.45, 7) is 4.08. The molecule has 1 unspecified atom stereocenters. The van der Waals surface area contributed by atoms with Crippen molar-refractivity contribution in [1.29, 1.82) is 0 Å². The standard InChI is InChI=1S/C13H21N3OS/c1-3-5-16-6-4-14-13(16)9-12(17)11-10-18-8-7-15(11)2/h4,6,11H,3,5,7-10H2,1-2H3. The van der Waals surface area contributed by atoms with Crippen molar-refractivity contribution in [1.82, 2.24) is 14.5 Å². The van der Waals surface area contributed by atoms with Crippen molar-refractivity contribution in [2.75, 3.05) is 25.1 Å². The van der Waals surface area contributed by atoms with Crippen molar-refractivity contribution < 1.29 is 4.79 Å². The zero-order valence-corrected chi connectivity index (χ0v) is 11.9. The molecule has 1 aliphatic rings. The first-order valence-electron chi connectivity index (χ1n) is 6.53. The number of hydrogen-bond donors (Lipinski definition) is 0. The molecule has 1 aromatic heterocycles. The molecule has 0 amide bonds. The second-order valence-electron chi connectivity index (χ2n) is 4.75. The fourth-order valence-corrected chi connectivity index (χ4v) is 3.50. The monoisotopic (exact) mass is 267 g/mol. The van der Waals surface area contributed by atoms with E-state index in [0.29, 0.717) is 12.2 Å². The third-order valence-corrected chi connectivity index (χ3v) is 4.39. The molecule has 2 heterocycles. The number of imidazole rings is 1. The molecule has 0 radical (unpaired) electrons. The minimum absolute atomic E-state index is 0.0653. The minimum Gasteiger partial charge on any atom is -0.335 e. The number of nitrogens with zero attached hydrogens (tertiary/aromatic N) is 3. The average Bonchev–Trinajstić information content (AvgIpc) is 2.78. The lowest BCUT2D eigenvalue weighted by Crippen LogP contribution is -2.45. The van der Waals surface area contributed by atoms with Crippen LogP contribution in [0.25, 0.3) is 0 Å². The lowest BCUT2D eigenvalue weighted by molar-refractivity contribution is -0.122. The molecule has 0 aromatic carbocycles. The molecule has 0 saturated carbocycles. The molecular formula is C13H21N3OS. The number of hydrogen-bond acceptors (Lipinski definition) is 4. The Kier molecular flexibility index (Phi) is 4.83. The van der Waals surface area contributed by atoms with Crippen molar-refractivity contribution in [2.45, 2.75) is 32.4 Å². The summed E-state index contributed by atoms with van der Waals surface area (Å²) in [7, 11) is 2.04. The number of aryl methyl sites for hydroxylation is 1. The van der Waals surface area contributed by atoms with Crippen LogP contribution in [-0.2, 0) is 17.8 Å². The molecule has 2 rings (SSSR count). The first-order valence-corrected chi connectivity index (χ1v) is 7.68. The van der Waals surface area contributed by atoms with Gasteiger partial charge in [-0.3, -0.25) is 9.69 Å². The fraction of sp³-hybridized carbons (Fsp3) is 0.692. The van der Waals surface area contributed by atoms with E-state index in [2.05, 4.69) is 21.4 Å². The summed E-state index contributed by atoms with van der Waals surface area (Å²) in [6, 6.07) is 0.0653. The molecule has 1 aromatic rings. The van der Waals surface area contributed by atoms with Crippen LogP contribution in [0.5, 0.6) is 0 Å². The maximum absolute atomic E-state index is 12.3. The van der Waals surface area contributed by atoms with Crippen LogP contribution in [0.4, 0.5) is 0 Å². The highest BCUT2D eigenvalue weighted by atomic mass is 32.2. The van der Waals surface area contributed by atoms with E-state index in [1.54, 1.807) is 6.20 Å². The normalized spacial score (nSPS) is 21.1. The predicted molar refractivity (Wildman–Crippen MR) is 75.0 cm³/mol. The Labute approximate surface area is 113 Å². The van der Waals surface area contributed by atoms with Crippen LogP contribution in [0.1, 0.15) is 19.2 Å². The molecule has 0 bridgehead atoms. The first-order chi connectivity index (χ1) is 8.72. The molecule has 100 valence electrons. The largest absolute Gasteiger partial charge is 0.335 e. The van der Waals surface area contributed by atoms with E-state index in [4.69, 9.17) is 0 Å². The van der Waals surface area contributed by atoms with Gasteiger partial charge in [0.2, 0.25) is 0 Å². The Morgan fingerprint density at radius 2 is 2.44 bits per heavy atom. The maximum Gasteiger partial charge on any atom is 0.158 e. The molecule has 0 N–H and O–H groups in total. The molecule has 0 spiro atoms. The van der Waals surface area contributed by atoms with E-state index >= 15 is 0 Å². The fourth-order valence-electron chi connectivity index (χ4n) is 2.25. The van der Waals surface area contributed by atoms with Crippen molar-refractivity contribution in [3.05, 3.63) is 18.2 Å². The second kappa shape index (κ2) is 6.38. The van der Waals surface area contributed by atoms with Gasteiger partial charge in [0.25, 0.3) is 0 Å². The number of aromatic nitrogens is 2. The Morgan fingerprint density at radius 1 is 1.61 bits per heavy atom. The smallest absolute Gasteiger partial charge is 0.158 e. The van der Waals surface area contributed by atoms with Gasteiger partial charge in [-0.15, -0.1) is 0 Å². The number of ketones is 1. The van der Waals surface area contributed by atoms with Gasteiger partial charge in [-0.05, 0) is 13.5 Å². The molecular weight excluding hydrogens is 246 g/mol. The van der Waals surface area contributed by atoms with E-state index in [9.17, 15) is 4.79 Å². The van der Waals surface area contributed by atoms with Crippen LogP contribution in [0.3, 0.4) is 0 Å². The summed E-state index contributed by atoms with van der Waals surface area (Å²) in [5, 5.41) is 0. The average molecular weight is 267 g/mol. The van der Waals surface area contributed by atoms with Gasteiger partial charge >= 0.3 is 0 Å². The van der Waals surface area contributed by atoms with Gasteiger partial charge in [0.1, 0.15) is 5.82 Å². The highest BCUT2D eigenvalue weighted by Gasteiger charge is 2.26. The lowest BCUT2D eigenvalue weighted by atomic mass is 10.1. The van der Waals surface area contributed by atoms with Gasteiger partial charge in [0, 0.05) is 37.0 Å². The summed E-state index contributed by atoms with van der Waals surface area (Å²) < 4.78 is 2.09. The molecule has 1 atom stereocenters.